The molecular formula is C13H24N4. The summed E-state index contributed by atoms with van der Waals surface area (Å²) in [6.07, 6.45) is 6.14. The van der Waals surface area contributed by atoms with Gasteiger partial charge in [-0.05, 0) is 33.6 Å². The minimum Gasteiger partial charge on any atom is -0.331 e. The molecule has 1 aliphatic heterocycles. The zero-order valence-electron chi connectivity index (χ0n) is 11.1. The van der Waals surface area contributed by atoms with Gasteiger partial charge in [0.2, 0.25) is 0 Å². The molecule has 1 saturated heterocycles. The summed E-state index contributed by atoms with van der Waals surface area (Å²) in [6.45, 7) is 8.76. The zero-order valence-corrected chi connectivity index (χ0v) is 11.1. The average molecular weight is 236 g/mol. The highest BCUT2D eigenvalue weighted by molar-refractivity contribution is 5.01. The topological polar surface area (TPSA) is 47.1 Å². The molecule has 1 aliphatic rings. The largest absolute Gasteiger partial charge is 0.331 e. The van der Waals surface area contributed by atoms with Crippen LogP contribution in [0.3, 0.4) is 0 Å². The summed E-state index contributed by atoms with van der Waals surface area (Å²) in [5.41, 5.74) is 7.30. The van der Waals surface area contributed by atoms with Gasteiger partial charge in [0.1, 0.15) is 0 Å². The van der Waals surface area contributed by atoms with Crippen molar-refractivity contribution in [1.82, 2.24) is 14.5 Å². The van der Waals surface area contributed by atoms with E-state index in [2.05, 4.69) is 35.2 Å². The summed E-state index contributed by atoms with van der Waals surface area (Å²) < 4.78 is 2.25. The van der Waals surface area contributed by atoms with Crippen LogP contribution in [-0.4, -0.2) is 33.1 Å². The summed E-state index contributed by atoms with van der Waals surface area (Å²) in [4.78, 5) is 6.77. The van der Waals surface area contributed by atoms with Crippen molar-refractivity contribution in [2.45, 2.75) is 58.3 Å². The summed E-state index contributed by atoms with van der Waals surface area (Å²) in [5.74, 6) is 0. The molecule has 0 saturated carbocycles. The Morgan fingerprint density at radius 3 is 2.94 bits per heavy atom. The van der Waals surface area contributed by atoms with Crippen molar-refractivity contribution in [3.8, 4) is 0 Å². The van der Waals surface area contributed by atoms with Crippen molar-refractivity contribution in [3.05, 3.63) is 18.2 Å². The maximum absolute atomic E-state index is 5.99. The van der Waals surface area contributed by atoms with Gasteiger partial charge in [0, 0.05) is 37.4 Å². The quantitative estimate of drug-likeness (QED) is 0.870. The van der Waals surface area contributed by atoms with Crippen LogP contribution < -0.4 is 5.73 Å². The van der Waals surface area contributed by atoms with E-state index in [9.17, 15) is 0 Å². The number of aromatic nitrogens is 2. The molecule has 96 valence electrons. The fourth-order valence-corrected chi connectivity index (χ4v) is 2.62. The molecule has 2 heterocycles. The van der Waals surface area contributed by atoms with Gasteiger partial charge in [-0.15, -0.1) is 0 Å². The predicted molar refractivity (Wildman–Crippen MR) is 69.7 cm³/mol. The molecule has 1 aromatic heterocycles. The zero-order chi connectivity index (χ0) is 12.4. The van der Waals surface area contributed by atoms with Gasteiger partial charge in [-0.1, -0.05) is 0 Å². The average Bonchev–Trinajstić information content (AvgIpc) is 2.70. The lowest BCUT2D eigenvalue weighted by molar-refractivity contribution is 0.136. The number of piperidine rings is 1. The van der Waals surface area contributed by atoms with Crippen molar-refractivity contribution in [1.29, 1.82) is 0 Å². The molecule has 0 amide bonds. The molecule has 2 N–H and O–H groups in total. The van der Waals surface area contributed by atoms with Crippen LogP contribution in [0.5, 0.6) is 0 Å². The molecule has 0 aromatic carbocycles. The number of imidazole rings is 1. The van der Waals surface area contributed by atoms with Crippen molar-refractivity contribution in [2.24, 2.45) is 5.73 Å². The SMILES string of the molecule is CC1CC(N)CCN1Cc1cncn1C(C)C. The summed E-state index contributed by atoms with van der Waals surface area (Å²) in [6, 6.07) is 1.44. The Balaban J connectivity index is 2.03. The van der Waals surface area contributed by atoms with Crippen molar-refractivity contribution >= 4 is 0 Å². The van der Waals surface area contributed by atoms with Gasteiger partial charge >= 0.3 is 0 Å². The standard InChI is InChI=1S/C13H24N4/c1-10(2)17-9-15-7-13(17)8-16-5-4-12(14)6-11(16)3/h7,9-12H,4-6,8,14H2,1-3H3. The molecule has 2 unspecified atom stereocenters. The summed E-state index contributed by atoms with van der Waals surface area (Å²) >= 11 is 0. The first kappa shape index (κ1) is 12.6. The van der Waals surface area contributed by atoms with E-state index in [1.807, 2.05) is 12.5 Å². The van der Waals surface area contributed by atoms with Gasteiger partial charge in [-0.25, -0.2) is 4.98 Å². The highest BCUT2D eigenvalue weighted by Gasteiger charge is 2.24. The molecule has 0 bridgehead atoms. The van der Waals surface area contributed by atoms with Crippen LogP contribution in [0.15, 0.2) is 12.5 Å². The van der Waals surface area contributed by atoms with Crippen LogP contribution >= 0.6 is 0 Å². The number of nitrogens with two attached hydrogens (primary N) is 1. The third-order valence-electron chi connectivity index (χ3n) is 3.72. The van der Waals surface area contributed by atoms with Gasteiger partial charge in [-0.3, -0.25) is 4.90 Å². The molecule has 0 radical (unpaired) electrons. The van der Waals surface area contributed by atoms with Gasteiger partial charge in [-0.2, -0.15) is 0 Å². The van der Waals surface area contributed by atoms with Crippen LogP contribution in [0.25, 0.3) is 0 Å². The Morgan fingerprint density at radius 2 is 2.29 bits per heavy atom. The van der Waals surface area contributed by atoms with Gasteiger partial charge in [0.05, 0.1) is 12.0 Å². The van der Waals surface area contributed by atoms with E-state index in [4.69, 9.17) is 5.73 Å². The Bertz CT molecular complexity index is 358. The molecule has 4 nitrogen and oxygen atoms in total. The molecule has 4 heteroatoms. The summed E-state index contributed by atoms with van der Waals surface area (Å²) in [7, 11) is 0. The van der Waals surface area contributed by atoms with Crippen molar-refractivity contribution < 1.29 is 0 Å². The van der Waals surface area contributed by atoms with Crippen molar-refractivity contribution in [3.63, 3.8) is 0 Å². The highest BCUT2D eigenvalue weighted by Crippen LogP contribution is 2.19. The highest BCUT2D eigenvalue weighted by atomic mass is 15.2. The number of hydrogen-bond donors (Lipinski definition) is 1. The minimum absolute atomic E-state index is 0.385. The smallest absolute Gasteiger partial charge is 0.0951 e. The van der Waals surface area contributed by atoms with Gasteiger partial charge in [0.25, 0.3) is 0 Å². The van der Waals surface area contributed by atoms with Crippen LogP contribution in [0.4, 0.5) is 0 Å². The van der Waals surface area contributed by atoms with Gasteiger partial charge < -0.3 is 10.3 Å². The number of likely N-dealkylation sites (tertiary alicyclic amines) is 1. The van der Waals surface area contributed by atoms with E-state index >= 15 is 0 Å². The van der Waals surface area contributed by atoms with E-state index in [1.54, 1.807) is 0 Å². The second kappa shape index (κ2) is 5.19. The van der Waals surface area contributed by atoms with Crippen LogP contribution in [0.2, 0.25) is 0 Å². The monoisotopic (exact) mass is 236 g/mol. The Morgan fingerprint density at radius 1 is 1.53 bits per heavy atom. The fraction of sp³-hybridized carbons (Fsp3) is 0.769. The van der Waals surface area contributed by atoms with Crippen LogP contribution in [0, 0.1) is 0 Å². The van der Waals surface area contributed by atoms with Gasteiger partial charge in [0.15, 0.2) is 0 Å². The lowest BCUT2D eigenvalue weighted by Crippen LogP contribution is -2.45. The first-order valence-electron chi connectivity index (χ1n) is 6.58. The van der Waals surface area contributed by atoms with E-state index in [1.165, 1.54) is 5.69 Å². The first-order chi connectivity index (χ1) is 8.08. The second-order valence-corrected chi connectivity index (χ2v) is 5.49. The fourth-order valence-electron chi connectivity index (χ4n) is 2.62. The molecule has 1 fully saturated rings. The lowest BCUT2D eigenvalue weighted by atomic mass is 9.99. The van der Waals surface area contributed by atoms with E-state index in [-0.39, 0.29) is 0 Å². The van der Waals surface area contributed by atoms with E-state index < -0.39 is 0 Å². The first-order valence-corrected chi connectivity index (χ1v) is 6.58. The predicted octanol–water partition coefficient (Wildman–Crippen LogP) is 1.78. The molecule has 1 aromatic rings. The summed E-state index contributed by atoms with van der Waals surface area (Å²) in [5, 5.41) is 0. The lowest BCUT2D eigenvalue weighted by Gasteiger charge is -2.36. The Labute approximate surface area is 104 Å². The van der Waals surface area contributed by atoms with E-state index in [0.717, 1.165) is 25.9 Å². The maximum atomic E-state index is 5.99. The molecule has 0 aliphatic carbocycles. The molecule has 0 spiro atoms. The maximum Gasteiger partial charge on any atom is 0.0951 e. The normalized spacial score (nSPS) is 26.6. The third kappa shape index (κ3) is 2.87. The second-order valence-electron chi connectivity index (χ2n) is 5.49. The minimum atomic E-state index is 0.385. The third-order valence-corrected chi connectivity index (χ3v) is 3.72. The number of nitrogens with zero attached hydrogens (tertiary/aromatic N) is 3. The van der Waals surface area contributed by atoms with E-state index in [0.29, 0.717) is 18.1 Å². The molecular weight excluding hydrogens is 212 g/mol. The van der Waals surface area contributed by atoms with Crippen LogP contribution in [0.1, 0.15) is 45.3 Å². The Kier molecular flexibility index (Phi) is 3.84. The van der Waals surface area contributed by atoms with Crippen molar-refractivity contribution in [2.75, 3.05) is 6.54 Å². The molecule has 17 heavy (non-hydrogen) atoms. The number of rotatable bonds is 3. The Hall–Kier alpha value is -0.870. The molecule has 2 atom stereocenters. The van der Waals surface area contributed by atoms with Crippen LogP contribution in [-0.2, 0) is 6.54 Å². The molecule has 2 rings (SSSR count). The number of hydrogen-bond acceptors (Lipinski definition) is 3.